The average molecular weight is 208 g/mol. The smallest absolute Gasteiger partial charge is 0.226 e. The van der Waals surface area contributed by atoms with Crippen molar-refractivity contribution in [1.82, 2.24) is 4.98 Å². The lowest BCUT2D eigenvalue weighted by molar-refractivity contribution is -0.116. The van der Waals surface area contributed by atoms with Crippen molar-refractivity contribution < 1.29 is 4.79 Å². The predicted octanol–water partition coefficient (Wildman–Crippen LogP) is 2.44. The maximum atomic E-state index is 11.5. The Morgan fingerprint density at radius 1 is 1.71 bits per heavy atom. The number of aromatic nitrogens is 1. The molecule has 0 spiro atoms. The molecule has 0 bridgehead atoms. The fourth-order valence-electron chi connectivity index (χ4n) is 1.56. The summed E-state index contributed by atoms with van der Waals surface area (Å²) in [7, 11) is 0. The van der Waals surface area contributed by atoms with E-state index >= 15 is 0 Å². The van der Waals surface area contributed by atoms with Crippen LogP contribution in [0.4, 0.5) is 5.13 Å². The zero-order chi connectivity index (χ0) is 9.80. The van der Waals surface area contributed by atoms with Crippen LogP contribution in [0.15, 0.2) is 23.7 Å². The molecule has 14 heavy (non-hydrogen) atoms. The van der Waals surface area contributed by atoms with Gasteiger partial charge in [-0.3, -0.25) is 4.79 Å². The Hall–Kier alpha value is -1.16. The molecule has 0 aliphatic heterocycles. The van der Waals surface area contributed by atoms with Crippen LogP contribution in [0.25, 0.3) is 0 Å². The number of rotatable bonds is 3. The molecule has 0 aromatic carbocycles. The first kappa shape index (κ1) is 9.40. The lowest BCUT2D eigenvalue weighted by Gasteiger charge is -2.05. The molecule has 2 rings (SSSR count). The number of nitrogens with zero attached hydrogens (tertiary/aromatic N) is 1. The van der Waals surface area contributed by atoms with E-state index in [-0.39, 0.29) is 5.91 Å². The Morgan fingerprint density at radius 3 is 3.29 bits per heavy atom. The molecule has 1 aliphatic rings. The molecule has 0 saturated carbocycles. The Balaban J connectivity index is 1.81. The maximum absolute atomic E-state index is 11.5. The third-order valence-corrected chi connectivity index (χ3v) is 2.93. The highest BCUT2D eigenvalue weighted by molar-refractivity contribution is 7.13. The summed E-state index contributed by atoms with van der Waals surface area (Å²) in [6.45, 7) is 0. The first-order valence-electron chi connectivity index (χ1n) is 4.70. The standard InChI is InChI=1S/C10H12N2OS/c13-9(7-8-3-1-2-4-8)12-10-11-5-6-14-10/h1,3,5-6,8H,2,4,7H2,(H,11,12,13). The maximum Gasteiger partial charge on any atom is 0.226 e. The van der Waals surface area contributed by atoms with Crippen molar-refractivity contribution in [2.24, 2.45) is 5.92 Å². The minimum Gasteiger partial charge on any atom is -0.302 e. The Morgan fingerprint density at radius 2 is 2.64 bits per heavy atom. The van der Waals surface area contributed by atoms with Gasteiger partial charge in [-0.05, 0) is 18.8 Å². The summed E-state index contributed by atoms with van der Waals surface area (Å²) in [4.78, 5) is 15.5. The second kappa shape index (κ2) is 4.37. The number of thiazole rings is 1. The van der Waals surface area contributed by atoms with Crippen molar-refractivity contribution in [1.29, 1.82) is 0 Å². The molecule has 74 valence electrons. The molecular weight excluding hydrogens is 196 g/mol. The summed E-state index contributed by atoms with van der Waals surface area (Å²) in [5.41, 5.74) is 0. The van der Waals surface area contributed by atoms with Gasteiger partial charge in [-0.25, -0.2) is 4.98 Å². The molecule has 1 aliphatic carbocycles. The van der Waals surface area contributed by atoms with Gasteiger partial charge >= 0.3 is 0 Å². The number of allylic oxidation sites excluding steroid dienone is 2. The number of hydrogen-bond donors (Lipinski definition) is 1. The van der Waals surface area contributed by atoms with Gasteiger partial charge in [0.2, 0.25) is 5.91 Å². The number of hydrogen-bond acceptors (Lipinski definition) is 3. The summed E-state index contributed by atoms with van der Waals surface area (Å²) in [6.07, 6.45) is 8.75. The molecular formula is C10H12N2OS. The minimum absolute atomic E-state index is 0.0662. The molecule has 1 heterocycles. The van der Waals surface area contributed by atoms with Crippen LogP contribution in [0.3, 0.4) is 0 Å². The number of carbonyl (C=O) groups excluding carboxylic acids is 1. The fourth-order valence-corrected chi connectivity index (χ4v) is 2.10. The highest BCUT2D eigenvalue weighted by Gasteiger charge is 2.14. The molecule has 1 aromatic heterocycles. The normalized spacial score (nSPS) is 19.9. The number of carbonyl (C=O) groups is 1. The number of nitrogens with one attached hydrogen (secondary N) is 1. The van der Waals surface area contributed by atoms with E-state index < -0.39 is 0 Å². The molecule has 1 N–H and O–H groups in total. The van der Waals surface area contributed by atoms with Gasteiger partial charge in [0.05, 0.1) is 0 Å². The molecule has 1 atom stereocenters. The third kappa shape index (κ3) is 2.42. The van der Waals surface area contributed by atoms with Crippen molar-refractivity contribution in [3.05, 3.63) is 23.7 Å². The zero-order valence-electron chi connectivity index (χ0n) is 7.77. The Bertz CT molecular complexity index is 332. The summed E-state index contributed by atoms with van der Waals surface area (Å²) in [6, 6.07) is 0. The highest BCUT2D eigenvalue weighted by atomic mass is 32.1. The zero-order valence-corrected chi connectivity index (χ0v) is 8.59. The second-order valence-electron chi connectivity index (χ2n) is 3.36. The van der Waals surface area contributed by atoms with Gasteiger partial charge in [0.25, 0.3) is 0 Å². The summed E-state index contributed by atoms with van der Waals surface area (Å²) in [5, 5.41) is 5.33. The van der Waals surface area contributed by atoms with Gasteiger partial charge in [-0.2, -0.15) is 0 Å². The van der Waals surface area contributed by atoms with Crippen LogP contribution in [0, 0.1) is 5.92 Å². The van der Waals surface area contributed by atoms with E-state index in [1.54, 1.807) is 6.20 Å². The lowest BCUT2D eigenvalue weighted by Crippen LogP contribution is -2.14. The van der Waals surface area contributed by atoms with Gasteiger partial charge in [-0.15, -0.1) is 11.3 Å². The van der Waals surface area contributed by atoms with Gasteiger partial charge in [-0.1, -0.05) is 12.2 Å². The van der Waals surface area contributed by atoms with E-state index in [0.717, 1.165) is 12.8 Å². The Kier molecular flexibility index (Phi) is 2.93. The van der Waals surface area contributed by atoms with Crippen molar-refractivity contribution in [3.8, 4) is 0 Å². The quantitative estimate of drug-likeness (QED) is 0.775. The topological polar surface area (TPSA) is 42.0 Å². The van der Waals surface area contributed by atoms with Crippen molar-refractivity contribution >= 4 is 22.4 Å². The van der Waals surface area contributed by atoms with Crippen molar-refractivity contribution in [3.63, 3.8) is 0 Å². The fraction of sp³-hybridized carbons (Fsp3) is 0.400. The van der Waals surface area contributed by atoms with Crippen molar-refractivity contribution in [2.45, 2.75) is 19.3 Å². The lowest BCUT2D eigenvalue weighted by atomic mass is 10.1. The second-order valence-corrected chi connectivity index (χ2v) is 4.25. The van der Waals surface area contributed by atoms with Crippen LogP contribution in [-0.4, -0.2) is 10.9 Å². The van der Waals surface area contributed by atoms with E-state index in [1.807, 2.05) is 5.38 Å². The molecule has 1 unspecified atom stereocenters. The van der Waals surface area contributed by atoms with Crippen LogP contribution in [0.5, 0.6) is 0 Å². The van der Waals surface area contributed by atoms with E-state index in [0.29, 0.717) is 17.5 Å². The highest BCUT2D eigenvalue weighted by Crippen LogP contribution is 2.21. The van der Waals surface area contributed by atoms with E-state index in [2.05, 4.69) is 22.5 Å². The van der Waals surface area contributed by atoms with Crippen LogP contribution >= 0.6 is 11.3 Å². The first-order valence-corrected chi connectivity index (χ1v) is 5.58. The average Bonchev–Trinajstić information content (AvgIpc) is 2.76. The van der Waals surface area contributed by atoms with Gasteiger partial charge in [0, 0.05) is 18.0 Å². The monoisotopic (exact) mass is 208 g/mol. The summed E-state index contributed by atoms with van der Waals surface area (Å²) < 4.78 is 0. The minimum atomic E-state index is 0.0662. The van der Waals surface area contributed by atoms with Gasteiger partial charge in [0.15, 0.2) is 5.13 Å². The van der Waals surface area contributed by atoms with Crippen LogP contribution in [0.2, 0.25) is 0 Å². The molecule has 1 aromatic rings. The summed E-state index contributed by atoms with van der Waals surface area (Å²) in [5.74, 6) is 0.492. The number of amides is 1. The molecule has 4 heteroatoms. The van der Waals surface area contributed by atoms with Crippen LogP contribution in [0.1, 0.15) is 19.3 Å². The molecule has 0 fully saturated rings. The molecule has 0 saturated heterocycles. The largest absolute Gasteiger partial charge is 0.302 e. The summed E-state index contributed by atoms with van der Waals surface area (Å²) >= 11 is 1.45. The molecule has 3 nitrogen and oxygen atoms in total. The van der Waals surface area contributed by atoms with Crippen molar-refractivity contribution in [2.75, 3.05) is 5.32 Å². The Labute approximate surface area is 86.9 Å². The van der Waals surface area contributed by atoms with E-state index in [1.165, 1.54) is 11.3 Å². The predicted molar refractivity (Wildman–Crippen MR) is 57.2 cm³/mol. The molecule has 0 radical (unpaired) electrons. The van der Waals surface area contributed by atoms with Crippen LogP contribution < -0.4 is 5.32 Å². The first-order chi connectivity index (χ1) is 6.84. The number of anilines is 1. The van der Waals surface area contributed by atoms with E-state index in [4.69, 9.17) is 0 Å². The molecule has 1 amide bonds. The van der Waals surface area contributed by atoms with Gasteiger partial charge < -0.3 is 5.32 Å². The SMILES string of the molecule is O=C(CC1C=CCC1)Nc1nccs1. The van der Waals surface area contributed by atoms with E-state index in [9.17, 15) is 4.79 Å². The third-order valence-electron chi connectivity index (χ3n) is 2.24. The van der Waals surface area contributed by atoms with Gasteiger partial charge in [0.1, 0.15) is 0 Å². The van der Waals surface area contributed by atoms with Crippen LogP contribution in [-0.2, 0) is 4.79 Å².